The Morgan fingerprint density at radius 1 is 0.935 bits per heavy atom. The SMILES string of the molecule is CC(Cc1ccccc1)NCC(=O)N(C)c1ccc(Cl)cc1C(=O)c1ccccc1Cl. The second-order valence-corrected chi connectivity index (χ2v) is 8.24. The predicted molar refractivity (Wildman–Crippen MR) is 127 cm³/mol. The highest BCUT2D eigenvalue weighted by Gasteiger charge is 2.22. The molecule has 3 aromatic carbocycles. The van der Waals surface area contributed by atoms with Crippen LogP contribution in [0.25, 0.3) is 0 Å². The number of nitrogens with zero attached hydrogens (tertiary/aromatic N) is 1. The minimum atomic E-state index is -0.284. The lowest BCUT2D eigenvalue weighted by Crippen LogP contribution is -2.40. The number of carbonyl (C=O) groups is 2. The lowest BCUT2D eigenvalue weighted by molar-refractivity contribution is -0.117. The van der Waals surface area contributed by atoms with Crippen LogP contribution >= 0.6 is 23.2 Å². The summed E-state index contributed by atoms with van der Waals surface area (Å²) in [5, 5.41) is 4.02. The third-order valence-corrected chi connectivity index (χ3v) is 5.61. The maximum absolute atomic E-state index is 13.1. The van der Waals surface area contributed by atoms with Gasteiger partial charge in [-0.05, 0) is 49.2 Å². The number of likely N-dealkylation sites (N-methyl/N-ethyl adjacent to an activating group) is 1. The third kappa shape index (κ3) is 5.95. The van der Waals surface area contributed by atoms with Crippen molar-refractivity contribution in [1.82, 2.24) is 5.32 Å². The molecule has 1 atom stereocenters. The molecular formula is C25H24Cl2N2O2. The zero-order valence-electron chi connectivity index (χ0n) is 17.4. The molecular weight excluding hydrogens is 431 g/mol. The minimum absolute atomic E-state index is 0.120. The van der Waals surface area contributed by atoms with E-state index in [0.717, 1.165) is 6.42 Å². The lowest BCUT2D eigenvalue weighted by Gasteiger charge is -2.22. The molecule has 1 amide bonds. The normalized spacial score (nSPS) is 11.7. The number of nitrogens with one attached hydrogen (secondary N) is 1. The van der Waals surface area contributed by atoms with E-state index in [1.165, 1.54) is 10.5 Å². The minimum Gasteiger partial charge on any atom is -0.314 e. The molecule has 0 saturated carbocycles. The largest absolute Gasteiger partial charge is 0.314 e. The highest BCUT2D eigenvalue weighted by atomic mass is 35.5. The molecule has 1 unspecified atom stereocenters. The Morgan fingerprint density at radius 2 is 1.61 bits per heavy atom. The van der Waals surface area contributed by atoms with E-state index < -0.39 is 0 Å². The summed E-state index contributed by atoms with van der Waals surface area (Å²) in [6.07, 6.45) is 0.815. The molecule has 0 fully saturated rings. The van der Waals surface area contributed by atoms with E-state index in [0.29, 0.717) is 26.9 Å². The summed E-state index contributed by atoms with van der Waals surface area (Å²) in [7, 11) is 1.65. The maximum atomic E-state index is 13.1. The van der Waals surface area contributed by atoms with Gasteiger partial charge in [0, 0.05) is 29.2 Å². The molecule has 3 aromatic rings. The molecule has 0 radical (unpaired) electrons. The Balaban J connectivity index is 1.73. The van der Waals surface area contributed by atoms with Gasteiger partial charge in [-0.15, -0.1) is 0 Å². The molecule has 1 N–H and O–H groups in total. The van der Waals surface area contributed by atoms with Gasteiger partial charge in [0.05, 0.1) is 17.3 Å². The first kappa shape index (κ1) is 23.0. The van der Waals surface area contributed by atoms with E-state index >= 15 is 0 Å². The van der Waals surface area contributed by atoms with Gasteiger partial charge in [-0.1, -0.05) is 65.7 Å². The van der Waals surface area contributed by atoms with Crippen molar-refractivity contribution in [3.05, 3.63) is 99.5 Å². The van der Waals surface area contributed by atoms with Crippen LogP contribution < -0.4 is 10.2 Å². The van der Waals surface area contributed by atoms with Crippen molar-refractivity contribution in [1.29, 1.82) is 0 Å². The molecule has 31 heavy (non-hydrogen) atoms. The maximum Gasteiger partial charge on any atom is 0.240 e. The molecule has 0 bridgehead atoms. The summed E-state index contributed by atoms with van der Waals surface area (Å²) in [4.78, 5) is 27.5. The number of hydrogen-bond donors (Lipinski definition) is 1. The molecule has 6 heteroatoms. The van der Waals surface area contributed by atoms with Gasteiger partial charge in [-0.25, -0.2) is 0 Å². The van der Waals surface area contributed by atoms with Crippen molar-refractivity contribution >= 4 is 40.6 Å². The number of amides is 1. The average Bonchev–Trinajstić information content (AvgIpc) is 2.77. The first-order valence-electron chi connectivity index (χ1n) is 9.99. The van der Waals surface area contributed by atoms with E-state index in [-0.39, 0.29) is 24.3 Å². The quantitative estimate of drug-likeness (QED) is 0.463. The van der Waals surface area contributed by atoms with Crippen LogP contribution in [0, 0.1) is 0 Å². The van der Waals surface area contributed by atoms with Gasteiger partial charge in [-0.2, -0.15) is 0 Å². The molecule has 0 aliphatic heterocycles. The Labute approximate surface area is 192 Å². The third-order valence-electron chi connectivity index (χ3n) is 5.04. The van der Waals surface area contributed by atoms with Crippen LogP contribution in [0.3, 0.4) is 0 Å². The van der Waals surface area contributed by atoms with Gasteiger partial charge in [0.15, 0.2) is 5.78 Å². The molecule has 0 spiro atoms. The zero-order valence-corrected chi connectivity index (χ0v) is 19.0. The number of hydrogen-bond acceptors (Lipinski definition) is 3. The molecule has 0 saturated heterocycles. The Kier molecular flexibility index (Phi) is 7.85. The first-order valence-corrected chi connectivity index (χ1v) is 10.7. The van der Waals surface area contributed by atoms with Gasteiger partial charge in [0.25, 0.3) is 0 Å². The second-order valence-electron chi connectivity index (χ2n) is 7.39. The van der Waals surface area contributed by atoms with Crippen molar-refractivity contribution < 1.29 is 9.59 Å². The number of anilines is 1. The van der Waals surface area contributed by atoms with E-state index in [2.05, 4.69) is 17.4 Å². The average molecular weight is 455 g/mol. The number of benzene rings is 3. The topological polar surface area (TPSA) is 49.4 Å². The molecule has 160 valence electrons. The Hall–Kier alpha value is -2.66. The summed E-state index contributed by atoms with van der Waals surface area (Å²) in [5.41, 5.74) is 2.38. The number of carbonyl (C=O) groups excluding carboxylic acids is 2. The summed E-state index contributed by atoms with van der Waals surface area (Å²) in [5.74, 6) is -0.441. The van der Waals surface area contributed by atoms with Gasteiger partial charge in [0.1, 0.15) is 0 Å². The summed E-state index contributed by atoms with van der Waals surface area (Å²) in [6, 6.07) is 22.0. The van der Waals surface area contributed by atoms with E-state index in [1.807, 2.05) is 25.1 Å². The van der Waals surface area contributed by atoms with Gasteiger partial charge in [0.2, 0.25) is 5.91 Å². The summed E-state index contributed by atoms with van der Waals surface area (Å²) >= 11 is 12.4. The van der Waals surface area contributed by atoms with E-state index in [1.54, 1.807) is 49.5 Å². The van der Waals surface area contributed by atoms with Crippen molar-refractivity contribution in [2.75, 3.05) is 18.5 Å². The van der Waals surface area contributed by atoms with E-state index in [4.69, 9.17) is 23.2 Å². The van der Waals surface area contributed by atoms with Crippen LogP contribution in [0.5, 0.6) is 0 Å². The van der Waals surface area contributed by atoms with Crippen LogP contribution in [0.15, 0.2) is 72.8 Å². The fourth-order valence-electron chi connectivity index (χ4n) is 3.33. The van der Waals surface area contributed by atoms with E-state index in [9.17, 15) is 9.59 Å². The van der Waals surface area contributed by atoms with Crippen LogP contribution in [-0.2, 0) is 11.2 Å². The van der Waals surface area contributed by atoms with Crippen LogP contribution in [0.2, 0.25) is 10.0 Å². The standard InChI is InChI=1S/C25H24Cl2N2O2/c1-17(14-18-8-4-3-5-9-18)28-16-24(30)29(2)23-13-12-19(26)15-21(23)25(31)20-10-6-7-11-22(20)27/h3-13,15,17,28H,14,16H2,1-2H3. The van der Waals surface area contributed by atoms with Crippen molar-refractivity contribution in [2.24, 2.45) is 0 Å². The zero-order chi connectivity index (χ0) is 22.4. The van der Waals surface area contributed by atoms with Crippen LogP contribution in [-0.4, -0.2) is 31.3 Å². The molecule has 0 aliphatic rings. The molecule has 0 heterocycles. The molecule has 4 nitrogen and oxygen atoms in total. The molecule has 0 aliphatic carbocycles. The Bertz CT molecular complexity index is 1070. The lowest BCUT2D eigenvalue weighted by atomic mass is 10.0. The van der Waals surface area contributed by atoms with Crippen molar-refractivity contribution in [3.63, 3.8) is 0 Å². The summed E-state index contributed by atoms with van der Waals surface area (Å²) in [6.45, 7) is 2.18. The first-order chi connectivity index (χ1) is 14.9. The smallest absolute Gasteiger partial charge is 0.240 e. The van der Waals surface area contributed by atoms with Gasteiger partial charge < -0.3 is 10.2 Å². The Morgan fingerprint density at radius 3 is 2.32 bits per heavy atom. The van der Waals surface area contributed by atoms with Crippen molar-refractivity contribution in [3.8, 4) is 0 Å². The monoisotopic (exact) mass is 454 g/mol. The molecule has 0 aromatic heterocycles. The highest BCUT2D eigenvalue weighted by molar-refractivity contribution is 6.36. The molecule has 3 rings (SSSR count). The highest BCUT2D eigenvalue weighted by Crippen LogP contribution is 2.28. The van der Waals surface area contributed by atoms with Crippen LogP contribution in [0.1, 0.15) is 28.4 Å². The number of rotatable bonds is 8. The van der Waals surface area contributed by atoms with Crippen molar-refractivity contribution in [2.45, 2.75) is 19.4 Å². The number of ketones is 1. The fourth-order valence-corrected chi connectivity index (χ4v) is 3.72. The van der Waals surface area contributed by atoms with Gasteiger partial charge in [-0.3, -0.25) is 9.59 Å². The predicted octanol–water partition coefficient (Wildman–Crippen LogP) is 5.41. The summed E-state index contributed by atoms with van der Waals surface area (Å²) < 4.78 is 0. The van der Waals surface area contributed by atoms with Gasteiger partial charge >= 0.3 is 0 Å². The number of halogens is 2. The fraction of sp³-hybridized carbons (Fsp3) is 0.200. The van der Waals surface area contributed by atoms with Crippen LogP contribution in [0.4, 0.5) is 5.69 Å². The second kappa shape index (κ2) is 10.6.